The highest BCUT2D eigenvalue weighted by Gasteiger charge is 2.15. The third-order valence-electron chi connectivity index (χ3n) is 6.33. The molecule has 3 heteroatoms. The minimum atomic E-state index is 0.0299. The van der Waals surface area contributed by atoms with Crippen LogP contribution in [0.25, 0.3) is 0 Å². The minimum Gasteiger partial charge on any atom is -0.489 e. The topological polar surface area (TPSA) is 38.7 Å². The Morgan fingerprint density at radius 2 is 1.00 bits per heavy atom. The first kappa shape index (κ1) is 30.0. The van der Waals surface area contributed by atoms with Crippen LogP contribution in [-0.2, 0) is 18.6 Å². The van der Waals surface area contributed by atoms with Crippen molar-refractivity contribution in [3.05, 3.63) is 125 Å². The largest absolute Gasteiger partial charge is 0.489 e. The zero-order valence-corrected chi connectivity index (χ0v) is 24.6. The van der Waals surface area contributed by atoms with Gasteiger partial charge in [0, 0.05) is 5.92 Å². The van der Waals surface area contributed by atoms with Gasteiger partial charge in [0.25, 0.3) is 0 Å². The highest BCUT2D eigenvalue weighted by molar-refractivity contribution is 5.38. The van der Waals surface area contributed by atoms with Crippen LogP contribution in [0, 0.1) is 5.92 Å². The molecule has 1 unspecified atom stereocenters. The van der Waals surface area contributed by atoms with Gasteiger partial charge in [-0.05, 0) is 75.5 Å². The maximum Gasteiger partial charge on any atom is 0.127 e. The molecule has 0 heterocycles. The predicted molar refractivity (Wildman–Crippen MR) is 163 cm³/mol. The Morgan fingerprint density at radius 3 is 1.44 bits per heavy atom. The van der Waals surface area contributed by atoms with Gasteiger partial charge in [0.1, 0.15) is 23.9 Å². The van der Waals surface area contributed by atoms with Gasteiger partial charge in [0.05, 0.1) is 6.61 Å². The quantitative estimate of drug-likeness (QED) is 0.249. The lowest BCUT2D eigenvalue weighted by Crippen LogP contribution is -2.11. The number of aliphatic hydroxyl groups is 1. The van der Waals surface area contributed by atoms with Crippen molar-refractivity contribution in [3.8, 4) is 17.2 Å². The highest BCUT2D eigenvalue weighted by atomic mass is 16.5. The normalized spacial score (nSPS) is 11.9. The van der Waals surface area contributed by atoms with Crippen molar-refractivity contribution in [2.45, 2.75) is 73.0 Å². The van der Waals surface area contributed by atoms with Gasteiger partial charge in [-0.1, -0.05) is 109 Å². The van der Waals surface area contributed by atoms with E-state index in [-0.39, 0.29) is 12.0 Å². The van der Waals surface area contributed by atoms with Gasteiger partial charge < -0.3 is 14.6 Å². The van der Waals surface area contributed by atoms with Crippen LogP contribution < -0.4 is 9.47 Å². The predicted octanol–water partition coefficient (Wildman–Crippen LogP) is 9.66. The third-order valence-corrected chi connectivity index (χ3v) is 6.33. The molecule has 0 amide bonds. The maximum absolute atomic E-state index is 9.14. The van der Waals surface area contributed by atoms with Gasteiger partial charge in [-0.15, -0.1) is 0 Å². The minimum absolute atomic E-state index is 0.0299. The second kappa shape index (κ2) is 14.0. The van der Waals surface area contributed by atoms with Crippen LogP contribution in [-0.4, -0.2) is 5.11 Å². The van der Waals surface area contributed by atoms with Gasteiger partial charge >= 0.3 is 0 Å². The van der Waals surface area contributed by atoms with Crippen molar-refractivity contribution in [1.29, 1.82) is 0 Å². The average molecular weight is 525 g/mol. The van der Waals surface area contributed by atoms with Crippen LogP contribution >= 0.6 is 0 Å². The molecule has 0 aromatic heterocycles. The van der Waals surface area contributed by atoms with Crippen LogP contribution in [0.4, 0.5) is 0 Å². The SMILES string of the molecule is CC(C)C.CC(c1ccc(OCc2ccc(Oc3ccc(CO)cc3)cc2)cc1)c1ccc(C(C)(C)C)cc1. The van der Waals surface area contributed by atoms with E-state index in [0.29, 0.717) is 12.5 Å². The van der Waals surface area contributed by atoms with E-state index in [1.807, 2.05) is 60.7 Å². The Balaban J connectivity index is 0.000000983. The Bertz CT molecular complexity index is 1240. The second-order valence-electron chi connectivity index (χ2n) is 11.7. The van der Waals surface area contributed by atoms with Crippen molar-refractivity contribution >= 4 is 0 Å². The van der Waals surface area contributed by atoms with Crippen LogP contribution in [0.2, 0.25) is 0 Å². The lowest BCUT2D eigenvalue weighted by atomic mass is 9.85. The van der Waals surface area contributed by atoms with Crippen molar-refractivity contribution in [2.24, 2.45) is 5.92 Å². The number of ether oxygens (including phenoxy) is 2. The molecule has 0 bridgehead atoms. The lowest BCUT2D eigenvalue weighted by molar-refractivity contribution is 0.281. The van der Waals surface area contributed by atoms with Gasteiger partial charge in [-0.25, -0.2) is 0 Å². The van der Waals surface area contributed by atoms with Crippen LogP contribution in [0.5, 0.6) is 17.2 Å². The van der Waals surface area contributed by atoms with E-state index < -0.39 is 0 Å². The van der Waals surface area contributed by atoms with E-state index in [1.165, 1.54) is 16.7 Å². The summed E-state index contributed by atoms with van der Waals surface area (Å²) < 4.78 is 11.9. The Labute approximate surface area is 235 Å². The van der Waals surface area contributed by atoms with E-state index in [4.69, 9.17) is 14.6 Å². The summed E-state index contributed by atoms with van der Waals surface area (Å²) in [5.41, 5.74) is 6.05. The maximum atomic E-state index is 9.14. The first-order valence-corrected chi connectivity index (χ1v) is 13.8. The van der Waals surface area contributed by atoms with E-state index in [0.717, 1.165) is 34.3 Å². The smallest absolute Gasteiger partial charge is 0.127 e. The standard InChI is InChI=1S/C32H34O3.C4H10/c1-23(26-9-13-28(14-10-26)32(2,3)4)27-11-19-29(20-12-27)34-22-25-7-17-31(18-8-25)35-30-15-5-24(21-33)6-16-30;1-4(2)3/h5-20,23,33H,21-22H2,1-4H3;4H,1-3H3. The number of hydrogen-bond acceptors (Lipinski definition) is 3. The molecule has 0 aliphatic rings. The molecule has 39 heavy (non-hydrogen) atoms. The second-order valence-corrected chi connectivity index (χ2v) is 11.7. The summed E-state index contributed by atoms with van der Waals surface area (Å²) in [5, 5.41) is 9.14. The fraction of sp³-hybridized carbons (Fsp3) is 0.333. The molecule has 0 fully saturated rings. The molecule has 0 aliphatic heterocycles. The molecule has 3 nitrogen and oxygen atoms in total. The molecule has 206 valence electrons. The summed E-state index contributed by atoms with van der Waals surface area (Å²) in [5.74, 6) is 3.52. The summed E-state index contributed by atoms with van der Waals surface area (Å²) in [6.45, 7) is 16.0. The molecular weight excluding hydrogens is 480 g/mol. The molecule has 0 aliphatic carbocycles. The molecule has 4 aromatic carbocycles. The molecule has 0 saturated heterocycles. The summed E-state index contributed by atoms with van der Waals surface area (Å²) in [7, 11) is 0. The monoisotopic (exact) mass is 524 g/mol. The number of hydrogen-bond donors (Lipinski definition) is 1. The zero-order valence-electron chi connectivity index (χ0n) is 24.6. The molecule has 4 rings (SSSR count). The number of rotatable bonds is 8. The molecule has 0 saturated carbocycles. The van der Waals surface area contributed by atoms with Gasteiger partial charge in [-0.2, -0.15) is 0 Å². The van der Waals surface area contributed by atoms with E-state index in [1.54, 1.807) is 0 Å². The van der Waals surface area contributed by atoms with Gasteiger partial charge in [-0.3, -0.25) is 0 Å². The molecule has 1 N–H and O–H groups in total. The van der Waals surface area contributed by atoms with Gasteiger partial charge in [0.15, 0.2) is 0 Å². The fourth-order valence-corrected chi connectivity index (χ4v) is 3.94. The first-order valence-electron chi connectivity index (χ1n) is 13.8. The van der Waals surface area contributed by atoms with Crippen molar-refractivity contribution in [1.82, 2.24) is 0 Å². The molecule has 0 radical (unpaired) electrons. The zero-order chi connectivity index (χ0) is 28.4. The van der Waals surface area contributed by atoms with Gasteiger partial charge in [0.2, 0.25) is 0 Å². The van der Waals surface area contributed by atoms with Crippen LogP contribution in [0.15, 0.2) is 97.1 Å². The number of aliphatic hydroxyl groups excluding tert-OH is 1. The third kappa shape index (κ3) is 9.60. The Kier molecular flexibility index (Phi) is 10.8. The Morgan fingerprint density at radius 1 is 0.590 bits per heavy atom. The molecular formula is C36H44O3. The summed E-state index contributed by atoms with van der Waals surface area (Å²) >= 11 is 0. The van der Waals surface area contributed by atoms with Crippen LogP contribution in [0.3, 0.4) is 0 Å². The van der Waals surface area contributed by atoms with E-state index in [2.05, 4.69) is 84.9 Å². The summed E-state index contributed by atoms with van der Waals surface area (Å²) in [6, 6.07) is 32.7. The summed E-state index contributed by atoms with van der Waals surface area (Å²) in [6.07, 6.45) is 0. The average Bonchev–Trinajstić information content (AvgIpc) is 2.92. The first-order chi connectivity index (χ1) is 18.5. The highest BCUT2D eigenvalue weighted by Crippen LogP contribution is 2.29. The fourth-order valence-electron chi connectivity index (χ4n) is 3.94. The van der Waals surface area contributed by atoms with Crippen molar-refractivity contribution in [3.63, 3.8) is 0 Å². The van der Waals surface area contributed by atoms with Crippen molar-refractivity contribution < 1.29 is 14.6 Å². The van der Waals surface area contributed by atoms with E-state index >= 15 is 0 Å². The Hall–Kier alpha value is -3.56. The molecule has 4 aromatic rings. The van der Waals surface area contributed by atoms with Crippen LogP contribution in [0.1, 0.15) is 82.2 Å². The molecule has 0 spiro atoms. The molecule has 1 atom stereocenters. The lowest BCUT2D eigenvalue weighted by Gasteiger charge is -2.20. The summed E-state index contributed by atoms with van der Waals surface area (Å²) in [4.78, 5) is 0. The number of benzene rings is 4. The van der Waals surface area contributed by atoms with Crippen molar-refractivity contribution in [2.75, 3.05) is 0 Å². The van der Waals surface area contributed by atoms with E-state index in [9.17, 15) is 0 Å².